The fraction of sp³-hybridized carbons (Fsp3) is 0.429. The summed E-state index contributed by atoms with van der Waals surface area (Å²) in [5, 5.41) is 2.59. The van der Waals surface area contributed by atoms with E-state index in [-0.39, 0.29) is 36.6 Å². The van der Waals surface area contributed by atoms with Gasteiger partial charge in [0.1, 0.15) is 11.5 Å². The maximum Gasteiger partial charge on any atom is 0.308 e. The lowest BCUT2D eigenvalue weighted by atomic mass is 9.85. The molecule has 0 saturated carbocycles. The fourth-order valence-corrected chi connectivity index (χ4v) is 3.60. The number of hydrogen-bond acceptors (Lipinski definition) is 7. The van der Waals surface area contributed by atoms with Crippen LogP contribution < -0.4 is 14.8 Å². The van der Waals surface area contributed by atoms with Crippen LogP contribution in [0, 0.1) is 11.8 Å². The van der Waals surface area contributed by atoms with Crippen molar-refractivity contribution in [3.8, 4) is 11.5 Å². The molecule has 0 bridgehead atoms. The van der Waals surface area contributed by atoms with Gasteiger partial charge in [-0.3, -0.25) is 24.1 Å². The third-order valence-corrected chi connectivity index (χ3v) is 5.19. The van der Waals surface area contributed by atoms with Crippen molar-refractivity contribution in [2.24, 2.45) is 11.8 Å². The van der Waals surface area contributed by atoms with Crippen molar-refractivity contribution < 1.29 is 33.4 Å². The van der Waals surface area contributed by atoms with Crippen LogP contribution in [0.15, 0.2) is 30.4 Å². The lowest BCUT2D eigenvalue weighted by molar-refractivity contribution is -0.148. The number of esters is 1. The number of ether oxygens (including phenoxy) is 3. The minimum Gasteiger partial charge on any atom is -0.497 e. The molecule has 1 fully saturated rings. The van der Waals surface area contributed by atoms with Gasteiger partial charge in [-0.15, -0.1) is 0 Å². The van der Waals surface area contributed by atoms with E-state index in [1.807, 2.05) is 12.2 Å². The van der Waals surface area contributed by atoms with Crippen molar-refractivity contribution >= 4 is 29.4 Å². The Morgan fingerprint density at radius 3 is 2.33 bits per heavy atom. The van der Waals surface area contributed by atoms with Crippen molar-refractivity contribution in [3.63, 3.8) is 0 Å². The predicted molar refractivity (Wildman–Crippen MR) is 106 cm³/mol. The van der Waals surface area contributed by atoms with E-state index in [1.54, 1.807) is 18.2 Å². The van der Waals surface area contributed by atoms with Crippen molar-refractivity contribution in [2.75, 3.05) is 32.7 Å². The highest BCUT2D eigenvalue weighted by atomic mass is 16.5. The number of fused-ring (bicyclic) bond motifs is 1. The topological polar surface area (TPSA) is 111 Å². The molecule has 0 radical (unpaired) electrons. The molecule has 1 aliphatic heterocycles. The molecule has 3 rings (SSSR count). The van der Waals surface area contributed by atoms with Gasteiger partial charge in [-0.1, -0.05) is 12.2 Å². The van der Waals surface area contributed by atoms with Crippen molar-refractivity contribution in [3.05, 3.63) is 30.4 Å². The zero-order valence-corrected chi connectivity index (χ0v) is 16.9. The number of anilines is 1. The third kappa shape index (κ3) is 4.61. The normalized spacial score (nSPS) is 20.0. The van der Waals surface area contributed by atoms with E-state index in [4.69, 9.17) is 14.2 Å². The smallest absolute Gasteiger partial charge is 0.308 e. The number of carbonyl (C=O) groups excluding carboxylic acids is 4. The first-order chi connectivity index (χ1) is 14.4. The number of methoxy groups -OCH3 is 2. The Morgan fingerprint density at radius 1 is 1.07 bits per heavy atom. The average molecular weight is 416 g/mol. The summed E-state index contributed by atoms with van der Waals surface area (Å²) in [5.74, 6) is -1.39. The van der Waals surface area contributed by atoms with Crippen LogP contribution in [0.5, 0.6) is 11.5 Å². The van der Waals surface area contributed by atoms with E-state index in [0.717, 1.165) is 4.90 Å². The molecule has 0 spiro atoms. The Kier molecular flexibility index (Phi) is 6.71. The van der Waals surface area contributed by atoms with Crippen LogP contribution in [-0.4, -0.2) is 56.0 Å². The Balaban J connectivity index is 1.45. The van der Waals surface area contributed by atoms with Gasteiger partial charge in [-0.05, 0) is 25.0 Å². The largest absolute Gasteiger partial charge is 0.497 e. The minimum absolute atomic E-state index is 0.0442. The van der Waals surface area contributed by atoms with E-state index >= 15 is 0 Å². The molecule has 9 nitrogen and oxygen atoms in total. The number of nitrogens with zero attached hydrogens (tertiary/aromatic N) is 1. The zero-order chi connectivity index (χ0) is 21.7. The summed E-state index contributed by atoms with van der Waals surface area (Å²) in [4.78, 5) is 49.9. The summed E-state index contributed by atoms with van der Waals surface area (Å²) in [6.45, 7) is -0.539. The van der Waals surface area contributed by atoms with Gasteiger partial charge in [-0.25, -0.2) is 0 Å². The second-order valence-electron chi connectivity index (χ2n) is 7.01. The van der Waals surface area contributed by atoms with Gasteiger partial charge in [0.2, 0.25) is 11.8 Å². The first-order valence-electron chi connectivity index (χ1n) is 9.62. The van der Waals surface area contributed by atoms with Gasteiger partial charge in [-0.2, -0.15) is 0 Å². The van der Waals surface area contributed by atoms with Gasteiger partial charge in [0.05, 0.1) is 38.2 Å². The maximum absolute atomic E-state index is 12.4. The Labute approximate surface area is 174 Å². The second kappa shape index (κ2) is 9.43. The number of benzene rings is 1. The molecular formula is C21H24N2O7. The molecule has 0 aromatic heterocycles. The summed E-state index contributed by atoms with van der Waals surface area (Å²) in [6, 6.07) is 4.87. The Hall–Kier alpha value is -3.36. The average Bonchev–Trinajstić information content (AvgIpc) is 3.01. The highest BCUT2D eigenvalue weighted by Gasteiger charge is 2.46. The van der Waals surface area contributed by atoms with E-state index in [1.165, 1.54) is 14.2 Å². The number of nitrogens with one attached hydrogen (secondary N) is 1. The standard InChI is InChI=1S/C21H24N2O7/c1-28-13-7-8-16(17(11-13)29-2)22-18(24)12-30-19(25)9-10-23-20(26)14-5-3-4-6-15(14)21(23)27/h3-4,7-8,11,14-15H,5-6,9-10,12H2,1-2H3,(H,22,24)/t14-,15+. The predicted octanol–water partition coefficient (Wildman–Crippen LogP) is 1.53. The lowest BCUT2D eigenvalue weighted by Crippen LogP contribution is -2.33. The van der Waals surface area contributed by atoms with Crippen LogP contribution in [0.1, 0.15) is 19.3 Å². The fourth-order valence-electron chi connectivity index (χ4n) is 3.60. The summed E-state index contributed by atoms with van der Waals surface area (Å²) >= 11 is 0. The summed E-state index contributed by atoms with van der Waals surface area (Å²) in [7, 11) is 2.97. The maximum atomic E-state index is 12.4. The minimum atomic E-state index is -0.666. The highest BCUT2D eigenvalue weighted by molar-refractivity contribution is 6.05. The summed E-state index contributed by atoms with van der Waals surface area (Å²) in [6.07, 6.45) is 4.74. The molecule has 1 aromatic carbocycles. The molecule has 2 atom stereocenters. The van der Waals surface area contributed by atoms with Crippen molar-refractivity contribution in [1.29, 1.82) is 0 Å². The quantitative estimate of drug-likeness (QED) is 0.389. The van der Waals surface area contributed by atoms with Gasteiger partial charge < -0.3 is 19.5 Å². The summed E-state index contributed by atoms with van der Waals surface area (Å²) in [5.41, 5.74) is 0.406. The Bertz CT molecular complexity index is 854. The van der Waals surface area contributed by atoms with Gasteiger partial charge in [0.25, 0.3) is 5.91 Å². The molecule has 30 heavy (non-hydrogen) atoms. The summed E-state index contributed by atoms with van der Waals surface area (Å²) < 4.78 is 15.3. The van der Waals surface area contributed by atoms with Crippen LogP contribution >= 0.6 is 0 Å². The first-order valence-corrected chi connectivity index (χ1v) is 9.62. The monoisotopic (exact) mass is 416 g/mol. The molecule has 3 amide bonds. The lowest BCUT2D eigenvalue weighted by Gasteiger charge is -2.14. The van der Waals surface area contributed by atoms with Gasteiger partial charge in [0.15, 0.2) is 6.61 Å². The van der Waals surface area contributed by atoms with Gasteiger partial charge in [0, 0.05) is 12.6 Å². The molecule has 0 unspecified atom stereocenters. The van der Waals surface area contributed by atoms with Crippen LogP contribution in [0.4, 0.5) is 5.69 Å². The van der Waals surface area contributed by atoms with E-state index in [2.05, 4.69) is 5.32 Å². The van der Waals surface area contributed by atoms with Crippen molar-refractivity contribution in [1.82, 2.24) is 4.90 Å². The van der Waals surface area contributed by atoms with E-state index < -0.39 is 18.5 Å². The molecule has 9 heteroatoms. The molecule has 1 saturated heterocycles. The van der Waals surface area contributed by atoms with Crippen LogP contribution in [0.3, 0.4) is 0 Å². The van der Waals surface area contributed by atoms with Crippen molar-refractivity contribution in [2.45, 2.75) is 19.3 Å². The van der Waals surface area contributed by atoms with E-state index in [9.17, 15) is 19.2 Å². The number of rotatable bonds is 8. The number of allylic oxidation sites excluding steroid dienone is 2. The number of likely N-dealkylation sites (tertiary alicyclic amines) is 1. The molecule has 160 valence electrons. The number of amides is 3. The molecule has 1 aromatic rings. The number of carbonyl (C=O) groups is 4. The zero-order valence-electron chi connectivity index (χ0n) is 16.9. The van der Waals surface area contributed by atoms with E-state index in [0.29, 0.717) is 30.0 Å². The molecule has 1 aliphatic carbocycles. The molecular weight excluding hydrogens is 392 g/mol. The second-order valence-corrected chi connectivity index (χ2v) is 7.01. The van der Waals surface area contributed by atoms with Crippen LogP contribution in [0.25, 0.3) is 0 Å². The molecule has 1 heterocycles. The van der Waals surface area contributed by atoms with Crippen LogP contribution in [-0.2, 0) is 23.9 Å². The Morgan fingerprint density at radius 2 is 1.73 bits per heavy atom. The van der Waals surface area contributed by atoms with Crippen LogP contribution in [0.2, 0.25) is 0 Å². The molecule has 1 N–H and O–H groups in total. The first kappa shape index (κ1) is 21.4. The highest BCUT2D eigenvalue weighted by Crippen LogP contribution is 2.35. The SMILES string of the molecule is COc1ccc(NC(=O)COC(=O)CCN2C(=O)[C@H]3CC=CC[C@H]3C2=O)c(OC)c1. The molecule has 2 aliphatic rings. The number of hydrogen-bond donors (Lipinski definition) is 1. The third-order valence-electron chi connectivity index (χ3n) is 5.19. The van der Waals surface area contributed by atoms with Gasteiger partial charge >= 0.3 is 5.97 Å². The number of imide groups is 1.